The minimum Gasteiger partial charge on any atom is -0.459 e. The Hall–Kier alpha value is -3.45. The van der Waals surface area contributed by atoms with Crippen LogP contribution in [0.1, 0.15) is 34.6 Å². The number of benzene rings is 3. The number of rotatable bonds is 8. The highest BCUT2D eigenvalue weighted by atomic mass is 32.1. The van der Waals surface area contributed by atoms with Crippen LogP contribution in [0, 0.1) is 0 Å². The minimum atomic E-state index is -0.557. The van der Waals surface area contributed by atoms with E-state index >= 15 is 0 Å². The number of aliphatic hydroxyl groups is 1. The van der Waals surface area contributed by atoms with Crippen LogP contribution in [0.15, 0.2) is 96.1 Å². The van der Waals surface area contributed by atoms with Crippen molar-refractivity contribution in [1.29, 1.82) is 0 Å². The van der Waals surface area contributed by atoms with Crippen molar-refractivity contribution >= 4 is 27.3 Å². The maximum atomic E-state index is 13.1. The van der Waals surface area contributed by atoms with Gasteiger partial charge in [0.1, 0.15) is 0 Å². The highest BCUT2D eigenvalue weighted by Crippen LogP contribution is 2.38. The van der Waals surface area contributed by atoms with Gasteiger partial charge < -0.3 is 19.9 Å². The summed E-state index contributed by atoms with van der Waals surface area (Å²) in [7, 11) is 0. The Balaban J connectivity index is 1.34. The second-order valence-electron chi connectivity index (χ2n) is 8.56. The Kier molecular flexibility index (Phi) is 7.23. The number of carbonyl (C=O) groups is 1. The molecular weight excluding hydrogens is 458 g/mol. The molecule has 178 valence electrons. The zero-order valence-electron chi connectivity index (χ0n) is 19.2. The number of allylic oxidation sites excluding steroid dienone is 1. The molecule has 0 bridgehead atoms. The van der Waals surface area contributed by atoms with Crippen LogP contribution >= 0.6 is 11.3 Å². The van der Waals surface area contributed by atoms with E-state index in [4.69, 9.17) is 9.47 Å². The fourth-order valence-corrected chi connectivity index (χ4v) is 5.24. The summed E-state index contributed by atoms with van der Waals surface area (Å²) in [5, 5.41) is 15.6. The van der Waals surface area contributed by atoms with Crippen molar-refractivity contribution in [2.75, 3.05) is 0 Å². The summed E-state index contributed by atoms with van der Waals surface area (Å²) in [5.41, 5.74) is 4.04. The minimum absolute atomic E-state index is 0.000796. The van der Waals surface area contributed by atoms with Gasteiger partial charge in [-0.15, -0.1) is 11.3 Å². The molecule has 1 aliphatic rings. The average Bonchev–Trinajstić information content (AvgIpc) is 3.35. The molecule has 0 saturated heterocycles. The molecule has 2 N–H and O–H groups in total. The third-order valence-electron chi connectivity index (χ3n) is 6.13. The van der Waals surface area contributed by atoms with Crippen molar-refractivity contribution in [2.24, 2.45) is 0 Å². The van der Waals surface area contributed by atoms with Gasteiger partial charge in [-0.3, -0.25) is 4.79 Å². The number of nitrogens with one attached hydrogen (secondary N) is 1. The molecule has 3 aromatic carbocycles. The van der Waals surface area contributed by atoms with Gasteiger partial charge in [0.15, 0.2) is 5.76 Å². The molecule has 0 radical (unpaired) electrons. The molecule has 1 aromatic heterocycles. The summed E-state index contributed by atoms with van der Waals surface area (Å²) in [5.74, 6) is 0.0335. The lowest BCUT2D eigenvalue weighted by atomic mass is 9.92. The molecule has 5 nitrogen and oxygen atoms in total. The van der Waals surface area contributed by atoms with Crippen molar-refractivity contribution < 1.29 is 19.4 Å². The molecule has 0 spiro atoms. The zero-order valence-corrected chi connectivity index (χ0v) is 20.0. The van der Waals surface area contributed by atoms with Crippen LogP contribution in [0.2, 0.25) is 0 Å². The first-order valence-corrected chi connectivity index (χ1v) is 12.5. The highest BCUT2D eigenvalue weighted by Gasteiger charge is 2.30. The fourth-order valence-electron chi connectivity index (χ4n) is 4.22. The van der Waals surface area contributed by atoms with E-state index in [1.54, 1.807) is 11.3 Å². The molecule has 1 amide bonds. The van der Waals surface area contributed by atoms with E-state index in [1.807, 2.05) is 72.8 Å². The molecule has 1 aliphatic heterocycles. The van der Waals surface area contributed by atoms with E-state index in [0.29, 0.717) is 19.6 Å². The number of thiophene rings is 1. The second kappa shape index (κ2) is 10.9. The molecule has 4 aromatic rings. The fraction of sp³-hybridized carbons (Fsp3) is 0.207. The molecule has 2 heterocycles. The quantitative estimate of drug-likeness (QED) is 0.339. The van der Waals surface area contributed by atoms with Gasteiger partial charge in [-0.2, -0.15) is 0 Å². The van der Waals surface area contributed by atoms with Gasteiger partial charge >= 0.3 is 0 Å². The number of carbonyl (C=O) groups excluding carboxylic acids is 1. The molecule has 0 unspecified atom stereocenters. The summed E-state index contributed by atoms with van der Waals surface area (Å²) in [4.78, 5) is 13.1. The summed E-state index contributed by atoms with van der Waals surface area (Å²) in [6, 6.07) is 25.7. The Bertz CT molecular complexity index is 1310. The Morgan fingerprint density at radius 1 is 0.971 bits per heavy atom. The zero-order chi connectivity index (χ0) is 24.0. The molecule has 0 aliphatic carbocycles. The van der Waals surface area contributed by atoms with Gasteiger partial charge in [0, 0.05) is 23.6 Å². The van der Waals surface area contributed by atoms with Crippen molar-refractivity contribution in [3.63, 3.8) is 0 Å². The monoisotopic (exact) mass is 485 g/mol. The molecule has 2 atom stereocenters. The first-order valence-electron chi connectivity index (χ1n) is 11.7. The maximum absolute atomic E-state index is 13.1. The molecular formula is C29H27NO4S. The standard InChI is InChI=1S/C29H27NO4S/c31-17-21-10-12-22(13-11-21)18-33-28-15-23(25-19-35-27-9-5-4-8-24(25)27)14-26(34-28)29(32)30-16-20-6-2-1-3-7-20/h1-14,19,23,28,31H,15-18H2,(H,30,32)/t23-,28+/m1/s1. The van der Waals surface area contributed by atoms with Crippen molar-refractivity contribution in [1.82, 2.24) is 5.32 Å². The van der Waals surface area contributed by atoms with E-state index in [-0.39, 0.29) is 24.2 Å². The van der Waals surface area contributed by atoms with E-state index in [0.717, 1.165) is 16.7 Å². The van der Waals surface area contributed by atoms with Crippen molar-refractivity contribution in [3.8, 4) is 0 Å². The van der Waals surface area contributed by atoms with Crippen LogP contribution in [0.4, 0.5) is 0 Å². The van der Waals surface area contributed by atoms with Gasteiger partial charge in [0.25, 0.3) is 5.91 Å². The van der Waals surface area contributed by atoms with Crippen LogP contribution in [0.25, 0.3) is 10.1 Å². The average molecular weight is 486 g/mol. The van der Waals surface area contributed by atoms with E-state index < -0.39 is 6.29 Å². The second-order valence-corrected chi connectivity index (χ2v) is 9.47. The number of amides is 1. The molecule has 0 fully saturated rings. The predicted molar refractivity (Wildman–Crippen MR) is 138 cm³/mol. The van der Waals surface area contributed by atoms with Gasteiger partial charge in [-0.05, 0) is 45.2 Å². The van der Waals surface area contributed by atoms with Gasteiger partial charge in [-0.1, -0.05) is 72.8 Å². The number of ether oxygens (including phenoxy) is 2. The van der Waals surface area contributed by atoms with Gasteiger partial charge in [-0.25, -0.2) is 0 Å². The SMILES string of the molecule is O=C(NCc1ccccc1)C1=C[C@@H](c2csc3ccccc23)C[C@@H](OCc2ccc(CO)cc2)O1. The maximum Gasteiger partial charge on any atom is 0.286 e. The van der Waals surface area contributed by atoms with Crippen LogP contribution in [-0.2, 0) is 34.0 Å². The Morgan fingerprint density at radius 2 is 1.71 bits per heavy atom. The summed E-state index contributed by atoms with van der Waals surface area (Å²) in [6.07, 6.45) is 1.98. The predicted octanol–water partition coefficient (Wildman–Crippen LogP) is 5.64. The molecule has 5 rings (SSSR count). The topological polar surface area (TPSA) is 67.8 Å². The Labute approximate surface area is 208 Å². The number of fused-ring (bicyclic) bond motifs is 1. The number of aliphatic hydroxyl groups excluding tert-OH is 1. The lowest BCUT2D eigenvalue weighted by Gasteiger charge is -2.29. The smallest absolute Gasteiger partial charge is 0.286 e. The molecule has 6 heteroatoms. The lowest BCUT2D eigenvalue weighted by Crippen LogP contribution is -2.32. The van der Waals surface area contributed by atoms with E-state index in [2.05, 4.69) is 22.8 Å². The van der Waals surface area contributed by atoms with E-state index in [1.165, 1.54) is 15.6 Å². The van der Waals surface area contributed by atoms with E-state index in [9.17, 15) is 9.90 Å². The number of hydrogen-bond donors (Lipinski definition) is 2. The third-order valence-corrected chi connectivity index (χ3v) is 7.11. The van der Waals surface area contributed by atoms with Crippen LogP contribution in [0.5, 0.6) is 0 Å². The van der Waals surface area contributed by atoms with Crippen molar-refractivity contribution in [3.05, 3.63) is 118 Å². The highest BCUT2D eigenvalue weighted by molar-refractivity contribution is 7.17. The van der Waals surface area contributed by atoms with Crippen LogP contribution in [0.3, 0.4) is 0 Å². The third kappa shape index (κ3) is 5.62. The lowest BCUT2D eigenvalue weighted by molar-refractivity contribution is -0.150. The normalized spacial score (nSPS) is 17.6. The van der Waals surface area contributed by atoms with Crippen LogP contribution < -0.4 is 5.32 Å². The largest absolute Gasteiger partial charge is 0.459 e. The summed E-state index contributed by atoms with van der Waals surface area (Å²) < 4.78 is 13.4. The van der Waals surface area contributed by atoms with Gasteiger partial charge in [0.05, 0.1) is 13.2 Å². The number of hydrogen-bond acceptors (Lipinski definition) is 5. The van der Waals surface area contributed by atoms with Crippen LogP contribution in [-0.4, -0.2) is 17.3 Å². The first-order chi connectivity index (χ1) is 17.2. The Morgan fingerprint density at radius 3 is 2.51 bits per heavy atom. The summed E-state index contributed by atoms with van der Waals surface area (Å²) in [6.45, 7) is 0.789. The molecule has 35 heavy (non-hydrogen) atoms. The first kappa shape index (κ1) is 23.3. The van der Waals surface area contributed by atoms with Crippen molar-refractivity contribution in [2.45, 2.75) is 38.4 Å². The molecule has 0 saturated carbocycles. The van der Waals surface area contributed by atoms with Gasteiger partial charge in [0.2, 0.25) is 6.29 Å². The summed E-state index contributed by atoms with van der Waals surface area (Å²) >= 11 is 1.71.